The van der Waals surface area contributed by atoms with Gasteiger partial charge >= 0.3 is 6.03 Å². The summed E-state index contributed by atoms with van der Waals surface area (Å²) >= 11 is 1.15. The van der Waals surface area contributed by atoms with Crippen LogP contribution in [0.3, 0.4) is 0 Å². The minimum atomic E-state index is -3.55. The monoisotopic (exact) mass is 448 g/mol. The summed E-state index contributed by atoms with van der Waals surface area (Å²) in [6, 6.07) is 11.6. The summed E-state index contributed by atoms with van der Waals surface area (Å²) in [6.45, 7) is 3.20. The Labute approximate surface area is 180 Å². The summed E-state index contributed by atoms with van der Waals surface area (Å²) in [7, 11) is -3.55. The van der Waals surface area contributed by atoms with Crippen molar-refractivity contribution >= 4 is 33.7 Å². The Kier molecular flexibility index (Phi) is 7.46. The second-order valence-electron chi connectivity index (χ2n) is 6.70. The summed E-state index contributed by atoms with van der Waals surface area (Å²) in [6.07, 6.45) is 3.04. The van der Waals surface area contributed by atoms with Gasteiger partial charge in [0.1, 0.15) is 10.1 Å². The van der Waals surface area contributed by atoms with E-state index in [1.165, 1.54) is 16.6 Å². The van der Waals surface area contributed by atoms with E-state index in [2.05, 4.69) is 15.6 Å². The van der Waals surface area contributed by atoms with Crippen LogP contribution in [0.25, 0.3) is 0 Å². The normalized spacial score (nSPS) is 15.5. The maximum absolute atomic E-state index is 12.7. The lowest BCUT2D eigenvalue weighted by Crippen LogP contribution is -2.41. The van der Waals surface area contributed by atoms with Gasteiger partial charge in [-0.2, -0.15) is 4.31 Å². The molecule has 0 aliphatic carbocycles. The average molecular weight is 449 g/mol. The topological polar surface area (TPSA) is 108 Å². The Morgan fingerprint density at radius 2 is 1.83 bits per heavy atom. The number of sulfonamides is 1. The molecule has 3 amide bonds. The zero-order valence-corrected chi connectivity index (χ0v) is 18.2. The first kappa shape index (κ1) is 22.3. The summed E-state index contributed by atoms with van der Waals surface area (Å²) < 4.78 is 26.8. The number of nitrogens with zero attached hydrogens (tertiary/aromatic N) is 2. The molecule has 2 N–H and O–H groups in total. The van der Waals surface area contributed by atoms with Crippen LogP contribution in [0.15, 0.2) is 58.6 Å². The van der Waals surface area contributed by atoms with Crippen molar-refractivity contribution in [3.63, 3.8) is 0 Å². The SMILES string of the molecule is CCNC(=O)NC(=O)[C@H](Sc1ccc(S(=O)(=O)N2CCCC2)cn1)c1ccccc1. The highest BCUT2D eigenvalue weighted by Crippen LogP contribution is 2.35. The molecule has 2 aromatic rings. The lowest BCUT2D eigenvalue weighted by atomic mass is 10.1. The maximum Gasteiger partial charge on any atom is 0.321 e. The van der Waals surface area contributed by atoms with Crippen molar-refractivity contribution in [2.75, 3.05) is 19.6 Å². The summed E-state index contributed by atoms with van der Waals surface area (Å²) in [5.74, 6) is -0.479. The number of benzene rings is 1. The number of urea groups is 1. The Balaban J connectivity index is 1.79. The van der Waals surface area contributed by atoms with E-state index < -0.39 is 27.2 Å². The molecule has 1 fully saturated rings. The van der Waals surface area contributed by atoms with E-state index in [-0.39, 0.29) is 4.90 Å². The number of thioether (sulfide) groups is 1. The molecule has 0 radical (unpaired) electrons. The van der Waals surface area contributed by atoms with Crippen LogP contribution in [0.4, 0.5) is 4.79 Å². The van der Waals surface area contributed by atoms with Crippen LogP contribution in [-0.4, -0.2) is 49.3 Å². The lowest BCUT2D eigenvalue weighted by Gasteiger charge is -2.17. The quantitative estimate of drug-likeness (QED) is 0.630. The molecule has 1 aromatic carbocycles. The van der Waals surface area contributed by atoms with E-state index in [1.54, 1.807) is 37.3 Å². The largest absolute Gasteiger partial charge is 0.338 e. The third-order valence-electron chi connectivity index (χ3n) is 4.57. The number of hydrogen-bond donors (Lipinski definition) is 2. The minimum Gasteiger partial charge on any atom is -0.338 e. The first-order chi connectivity index (χ1) is 14.4. The van der Waals surface area contributed by atoms with Crippen LogP contribution in [0.2, 0.25) is 0 Å². The summed E-state index contributed by atoms with van der Waals surface area (Å²) in [5.41, 5.74) is 0.708. The van der Waals surface area contributed by atoms with Gasteiger partial charge in [0.25, 0.3) is 0 Å². The fraction of sp³-hybridized carbons (Fsp3) is 0.350. The molecular formula is C20H24N4O4S2. The molecule has 1 saturated heterocycles. The number of pyridine rings is 1. The molecule has 0 saturated carbocycles. The number of rotatable bonds is 7. The van der Waals surface area contributed by atoms with Crippen molar-refractivity contribution in [2.24, 2.45) is 0 Å². The highest BCUT2D eigenvalue weighted by molar-refractivity contribution is 8.00. The van der Waals surface area contributed by atoms with Crippen LogP contribution < -0.4 is 10.6 Å². The van der Waals surface area contributed by atoms with Gasteiger partial charge in [-0.25, -0.2) is 18.2 Å². The molecule has 3 rings (SSSR count). The fourth-order valence-corrected chi connectivity index (χ4v) is 5.49. The number of imide groups is 1. The van der Waals surface area contributed by atoms with Gasteiger partial charge in [0.15, 0.2) is 0 Å². The smallest absolute Gasteiger partial charge is 0.321 e. The van der Waals surface area contributed by atoms with E-state index in [0.717, 1.165) is 24.6 Å². The van der Waals surface area contributed by atoms with Gasteiger partial charge < -0.3 is 5.32 Å². The van der Waals surface area contributed by atoms with Crippen molar-refractivity contribution in [1.82, 2.24) is 19.9 Å². The number of aromatic nitrogens is 1. The van der Waals surface area contributed by atoms with Crippen LogP contribution in [0.5, 0.6) is 0 Å². The zero-order chi connectivity index (χ0) is 21.6. The van der Waals surface area contributed by atoms with Crippen molar-refractivity contribution in [3.8, 4) is 0 Å². The van der Waals surface area contributed by atoms with Crippen molar-refractivity contribution < 1.29 is 18.0 Å². The predicted octanol–water partition coefficient (Wildman–Crippen LogP) is 2.55. The number of carbonyl (C=O) groups is 2. The highest BCUT2D eigenvalue weighted by atomic mass is 32.2. The van der Waals surface area contributed by atoms with Crippen molar-refractivity contribution in [3.05, 3.63) is 54.2 Å². The number of amides is 3. The van der Waals surface area contributed by atoms with Crippen LogP contribution in [-0.2, 0) is 14.8 Å². The third-order valence-corrected chi connectivity index (χ3v) is 7.65. The van der Waals surface area contributed by atoms with Gasteiger partial charge in [0.2, 0.25) is 15.9 Å². The Morgan fingerprint density at radius 3 is 2.43 bits per heavy atom. The molecular weight excluding hydrogens is 424 g/mol. The molecule has 2 heterocycles. The zero-order valence-electron chi connectivity index (χ0n) is 16.6. The van der Waals surface area contributed by atoms with Gasteiger partial charge in [-0.3, -0.25) is 10.1 Å². The van der Waals surface area contributed by atoms with E-state index in [0.29, 0.717) is 30.2 Å². The van der Waals surface area contributed by atoms with Gasteiger partial charge in [0, 0.05) is 25.8 Å². The average Bonchev–Trinajstić information content (AvgIpc) is 3.29. The Hall–Kier alpha value is -2.43. The van der Waals surface area contributed by atoms with Gasteiger partial charge in [-0.05, 0) is 37.5 Å². The molecule has 0 unspecified atom stereocenters. The lowest BCUT2D eigenvalue weighted by molar-refractivity contribution is -0.119. The molecule has 10 heteroatoms. The molecule has 0 spiro atoms. The molecule has 1 aliphatic rings. The highest BCUT2D eigenvalue weighted by Gasteiger charge is 2.28. The third kappa shape index (κ3) is 5.38. The maximum atomic E-state index is 12.7. The molecule has 8 nitrogen and oxygen atoms in total. The minimum absolute atomic E-state index is 0.136. The first-order valence-corrected chi connectivity index (χ1v) is 12.0. The molecule has 1 atom stereocenters. The second kappa shape index (κ2) is 10.1. The summed E-state index contributed by atoms with van der Waals surface area (Å²) in [5, 5.41) is 4.62. The van der Waals surface area contributed by atoms with E-state index in [9.17, 15) is 18.0 Å². The molecule has 1 aliphatic heterocycles. The second-order valence-corrected chi connectivity index (χ2v) is 9.76. The molecule has 30 heavy (non-hydrogen) atoms. The van der Waals surface area contributed by atoms with E-state index in [4.69, 9.17) is 0 Å². The predicted molar refractivity (Wildman–Crippen MR) is 114 cm³/mol. The Morgan fingerprint density at radius 1 is 1.13 bits per heavy atom. The van der Waals surface area contributed by atoms with Crippen LogP contribution in [0.1, 0.15) is 30.6 Å². The molecule has 0 bridgehead atoms. The number of nitrogens with one attached hydrogen (secondary N) is 2. The summed E-state index contributed by atoms with van der Waals surface area (Å²) in [4.78, 5) is 28.9. The Bertz CT molecular complexity index is 976. The van der Waals surface area contributed by atoms with E-state index in [1.807, 2.05) is 6.07 Å². The van der Waals surface area contributed by atoms with Crippen molar-refractivity contribution in [1.29, 1.82) is 0 Å². The van der Waals surface area contributed by atoms with Gasteiger partial charge in [0.05, 0.1) is 5.03 Å². The van der Waals surface area contributed by atoms with Crippen molar-refractivity contribution in [2.45, 2.75) is 34.9 Å². The number of hydrogen-bond acceptors (Lipinski definition) is 6. The van der Waals surface area contributed by atoms with Gasteiger partial charge in [-0.1, -0.05) is 42.1 Å². The van der Waals surface area contributed by atoms with Crippen LogP contribution in [0, 0.1) is 0 Å². The van der Waals surface area contributed by atoms with E-state index >= 15 is 0 Å². The van der Waals surface area contributed by atoms with Gasteiger partial charge in [-0.15, -0.1) is 0 Å². The molecule has 1 aromatic heterocycles. The standard InChI is InChI=1S/C20H24N4O4S2/c1-2-21-20(26)23-19(25)18(15-8-4-3-5-9-15)29-17-11-10-16(14-22-17)30(27,28)24-12-6-7-13-24/h3-5,8-11,14,18H,2,6-7,12-13H2,1H3,(H2,21,23,25,26)/t18-/m1/s1. The fourth-order valence-electron chi connectivity index (χ4n) is 3.07. The van der Waals surface area contributed by atoms with Crippen LogP contribution >= 0.6 is 11.8 Å². The molecule has 160 valence electrons. The first-order valence-electron chi connectivity index (χ1n) is 9.68. The number of carbonyl (C=O) groups excluding carboxylic acids is 2.